The van der Waals surface area contributed by atoms with Crippen molar-refractivity contribution in [2.24, 2.45) is 5.92 Å². The predicted molar refractivity (Wildman–Crippen MR) is 68.2 cm³/mol. The van der Waals surface area contributed by atoms with Crippen LogP contribution in [0.4, 0.5) is 0 Å². The summed E-state index contributed by atoms with van der Waals surface area (Å²) in [6, 6.07) is 0. The van der Waals surface area contributed by atoms with E-state index in [2.05, 4.69) is 18.7 Å². The molecule has 0 amide bonds. The molecule has 1 heteroatoms. The SMILES string of the molecule is CCCCCC1CCCN(CCCC)C1. The van der Waals surface area contributed by atoms with E-state index >= 15 is 0 Å². The van der Waals surface area contributed by atoms with E-state index in [9.17, 15) is 0 Å². The van der Waals surface area contributed by atoms with Gasteiger partial charge in [-0.05, 0) is 44.7 Å². The van der Waals surface area contributed by atoms with Gasteiger partial charge in [0, 0.05) is 6.54 Å². The third-order valence-electron chi connectivity index (χ3n) is 3.65. The molecule has 90 valence electrons. The maximum Gasteiger partial charge on any atom is 0.000966 e. The van der Waals surface area contributed by atoms with Crippen molar-refractivity contribution in [1.82, 2.24) is 4.90 Å². The lowest BCUT2D eigenvalue weighted by Gasteiger charge is -2.32. The number of likely N-dealkylation sites (tertiary alicyclic amines) is 1. The van der Waals surface area contributed by atoms with Gasteiger partial charge in [0.15, 0.2) is 0 Å². The summed E-state index contributed by atoms with van der Waals surface area (Å²) in [4.78, 5) is 2.70. The van der Waals surface area contributed by atoms with Gasteiger partial charge in [0.25, 0.3) is 0 Å². The first-order valence-corrected chi connectivity index (χ1v) is 7.09. The second-order valence-electron chi connectivity index (χ2n) is 5.16. The van der Waals surface area contributed by atoms with Crippen molar-refractivity contribution < 1.29 is 0 Å². The third-order valence-corrected chi connectivity index (χ3v) is 3.65. The van der Waals surface area contributed by atoms with Gasteiger partial charge in [-0.1, -0.05) is 39.5 Å². The number of nitrogens with zero attached hydrogens (tertiary/aromatic N) is 1. The van der Waals surface area contributed by atoms with E-state index in [1.165, 1.54) is 71.0 Å². The van der Waals surface area contributed by atoms with Crippen molar-refractivity contribution in [2.75, 3.05) is 19.6 Å². The van der Waals surface area contributed by atoms with Gasteiger partial charge in [-0.15, -0.1) is 0 Å². The summed E-state index contributed by atoms with van der Waals surface area (Å²) in [7, 11) is 0. The van der Waals surface area contributed by atoms with Gasteiger partial charge in [-0.2, -0.15) is 0 Å². The Morgan fingerprint density at radius 1 is 1.07 bits per heavy atom. The Bertz CT molecular complexity index is 144. The Kier molecular flexibility index (Phi) is 7.08. The van der Waals surface area contributed by atoms with E-state index in [1.807, 2.05) is 0 Å². The zero-order valence-corrected chi connectivity index (χ0v) is 10.8. The molecule has 15 heavy (non-hydrogen) atoms. The third kappa shape index (κ3) is 5.55. The smallest absolute Gasteiger partial charge is 0.000966 e. The fourth-order valence-electron chi connectivity index (χ4n) is 2.65. The second-order valence-corrected chi connectivity index (χ2v) is 5.16. The molecule has 1 aliphatic rings. The number of rotatable bonds is 7. The highest BCUT2D eigenvalue weighted by Gasteiger charge is 2.18. The monoisotopic (exact) mass is 211 g/mol. The molecule has 1 nitrogen and oxygen atoms in total. The minimum atomic E-state index is 1.02. The van der Waals surface area contributed by atoms with Crippen LogP contribution in [-0.2, 0) is 0 Å². The van der Waals surface area contributed by atoms with E-state index in [0.29, 0.717) is 0 Å². The molecule has 1 rings (SSSR count). The zero-order chi connectivity index (χ0) is 10.9. The second kappa shape index (κ2) is 8.15. The topological polar surface area (TPSA) is 3.24 Å². The highest BCUT2D eigenvalue weighted by Crippen LogP contribution is 2.22. The molecule has 0 aromatic heterocycles. The standard InChI is InChI=1S/C14H29N/c1-3-5-7-9-14-10-8-12-15(13-14)11-6-4-2/h14H,3-13H2,1-2H3. The lowest BCUT2D eigenvalue weighted by molar-refractivity contribution is 0.165. The highest BCUT2D eigenvalue weighted by molar-refractivity contribution is 4.72. The number of hydrogen-bond donors (Lipinski definition) is 0. The summed E-state index contributed by atoms with van der Waals surface area (Å²) in [6.45, 7) is 8.70. The van der Waals surface area contributed by atoms with Crippen LogP contribution in [0.2, 0.25) is 0 Å². The fourth-order valence-corrected chi connectivity index (χ4v) is 2.65. The zero-order valence-electron chi connectivity index (χ0n) is 10.8. The minimum absolute atomic E-state index is 1.02. The molecule has 0 aromatic carbocycles. The predicted octanol–water partition coefficient (Wildman–Crippen LogP) is 4.08. The van der Waals surface area contributed by atoms with Crippen molar-refractivity contribution in [1.29, 1.82) is 0 Å². The van der Waals surface area contributed by atoms with Crippen molar-refractivity contribution in [3.8, 4) is 0 Å². The maximum atomic E-state index is 2.70. The van der Waals surface area contributed by atoms with Gasteiger partial charge in [0.2, 0.25) is 0 Å². The first-order chi connectivity index (χ1) is 7.36. The van der Waals surface area contributed by atoms with Crippen molar-refractivity contribution in [3.05, 3.63) is 0 Å². The quantitative estimate of drug-likeness (QED) is 0.574. The molecule has 0 bridgehead atoms. The van der Waals surface area contributed by atoms with Crippen molar-refractivity contribution in [2.45, 2.75) is 65.2 Å². The largest absolute Gasteiger partial charge is 0.303 e. The lowest BCUT2D eigenvalue weighted by Crippen LogP contribution is -2.35. The van der Waals surface area contributed by atoms with Gasteiger partial charge in [-0.25, -0.2) is 0 Å². The molecular formula is C14H29N. The fraction of sp³-hybridized carbons (Fsp3) is 1.00. The highest BCUT2D eigenvalue weighted by atomic mass is 15.1. The number of hydrogen-bond acceptors (Lipinski definition) is 1. The summed E-state index contributed by atoms with van der Waals surface area (Å²) in [5.41, 5.74) is 0. The van der Waals surface area contributed by atoms with E-state index in [-0.39, 0.29) is 0 Å². The molecule has 0 aromatic rings. The van der Waals surface area contributed by atoms with Crippen molar-refractivity contribution >= 4 is 0 Å². The van der Waals surface area contributed by atoms with Crippen LogP contribution in [-0.4, -0.2) is 24.5 Å². The Balaban J connectivity index is 2.11. The molecule has 1 saturated heterocycles. The first kappa shape index (κ1) is 13.0. The molecule has 1 atom stereocenters. The number of piperidine rings is 1. The molecule has 0 aliphatic carbocycles. The molecule has 1 fully saturated rings. The van der Waals surface area contributed by atoms with E-state index in [4.69, 9.17) is 0 Å². The number of unbranched alkanes of at least 4 members (excludes halogenated alkanes) is 3. The van der Waals surface area contributed by atoms with Crippen LogP contribution < -0.4 is 0 Å². The van der Waals surface area contributed by atoms with E-state index in [0.717, 1.165) is 5.92 Å². The molecule has 1 unspecified atom stereocenters. The molecule has 1 heterocycles. The van der Waals surface area contributed by atoms with Crippen LogP contribution in [0.15, 0.2) is 0 Å². The van der Waals surface area contributed by atoms with E-state index in [1.54, 1.807) is 0 Å². The van der Waals surface area contributed by atoms with Gasteiger partial charge in [-0.3, -0.25) is 0 Å². The van der Waals surface area contributed by atoms with Gasteiger partial charge >= 0.3 is 0 Å². The van der Waals surface area contributed by atoms with Gasteiger partial charge < -0.3 is 4.90 Å². The van der Waals surface area contributed by atoms with Crippen LogP contribution >= 0.6 is 0 Å². The van der Waals surface area contributed by atoms with Crippen LogP contribution in [0.25, 0.3) is 0 Å². The molecule has 0 saturated carbocycles. The molecule has 1 aliphatic heterocycles. The molecule has 0 N–H and O–H groups in total. The minimum Gasteiger partial charge on any atom is -0.303 e. The van der Waals surface area contributed by atoms with Crippen LogP contribution in [0.3, 0.4) is 0 Å². The molecular weight excluding hydrogens is 182 g/mol. The Morgan fingerprint density at radius 2 is 1.87 bits per heavy atom. The lowest BCUT2D eigenvalue weighted by atomic mass is 9.92. The van der Waals surface area contributed by atoms with Crippen molar-refractivity contribution in [3.63, 3.8) is 0 Å². The molecule has 0 spiro atoms. The summed E-state index contributed by atoms with van der Waals surface area (Å²) in [6.07, 6.45) is 11.4. The summed E-state index contributed by atoms with van der Waals surface area (Å²) in [5.74, 6) is 1.02. The van der Waals surface area contributed by atoms with Gasteiger partial charge in [0.1, 0.15) is 0 Å². The average molecular weight is 211 g/mol. The molecule has 0 radical (unpaired) electrons. The Labute approximate surface area is 96.2 Å². The van der Waals surface area contributed by atoms with Gasteiger partial charge in [0.05, 0.1) is 0 Å². The van der Waals surface area contributed by atoms with Crippen LogP contribution in [0, 0.1) is 5.92 Å². The Hall–Kier alpha value is -0.0400. The Morgan fingerprint density at radius 3 is 2.60 bits per heavy atom. The summed E-state index contributed by atoms with van der Waals surface area (Å²) in [5, 5.41) is 0. The van der Waals surface area contributed by atoms with Crippen LogP contribution in [0.5, 0.6) is 0 Å². The normalized spacial score (nSPS) is 23.2. The summed E-state index contributed by atoms with van der Waals surface area (Å²) < 4.78 is 0. The summed E-state index contributed by atoms with van der Waals surface area (Å²) >= 11 is 0. The van der Waals surface area contributed by atoms with E-state index < -0.39 is 0 Å². The van der Waals surface area contributed by atoms with Crippen LogP contribution in [0.1, 0.15) is 65.2 Å². The average Bonchev–Trinajstić information content (AvgIpc) is 2.27. The first-order valence-electron chi connectivity index (χ1n) is 7.09. The maximum absolute atomic E-state index is 2.70.